The van der Waals surface area contributed by atoms with Gasteiger partial charge in [0.15, 0.2) is 9.84 Å². The Morgan fingerprint density at radius 3 is 2.41 bits per heavy atom. The molecule has 0 unspecified atom stereocenters. The zero-order chi connectivity index (χ0) is 26.0. The molecule has 0 bridgehead atoms. The second-order valence-corrected chi connectivity index (χ2v) is 11.4. The average Bonchev–Trinajstić information content (AvgIpc) is 3.28. The summed E-state index contributed by atoms with van der Waals surface area (Å²) in [5.74, 6) is 0.713. The van der Waals surface area contributed by atoms with Crippen molar-refractivity contribution in [3.05, 3.63) is 90.1 Å². The highest BCUT2D eigenvalue weighted by Crippen LogP contribution is 2.30. The number of methoxy groups -OCH3 is 1. The first-order valence-electron chi connectivity index (χ1n) is 12.4. The number of aryl methyl sites for hydroxylation is 1. The fourth-order valence-corrected chi connectivity index (χ4v) is 6.59. The first kappa shape index (κ1) is 24.9. The van der Waals surface area contributed by atoms with Gasteiger partial charge in [-0.15, -0.1) is 0 Å². The van der Waals surface area contributed by atoms with Gasteiger partial charge >= 0.3 is 0 Å². The van der Waals surface area contributed by atoms with Crippen molar-refractivity contribution in [2.24, 2.45) is 0 Å². The quantitative estimate of drug-likeness (QED) is 0.366. The van der Waals surface area contributed by atoms with E-state index in [1.165, 1.54) is 0 Å². The number of carbonyl (C=O) groups is 1. The molecular formula is C29H31N3O4S. The van der Waals surface area contributed by atoms with Crippen LogP contribution < -0.4 is 9.64 Å². The lowest BCUT2D eigenvalue weighted by atomic mass is 10.2. The van der Waals surface area contributed by atoms with E-state index in [0.29, 0.717) is 31.6 Å². The SMILES string of the molecule is COc1ccccc1N1CCN(C(=O)Cn2cc(S(=O)(=O)Cc3cccc(C)c3)c3ccccc32)CC1. The Kier molecular flexibility index (Phi) is 6.93. The Morgan fingerprint density at radius 2 is 1.65 bits per heavy atom. The molecule has 1 fully saturated rings. The molecule has 192 valence electrons. The highest BCUT2D eigenvalue weighted by Gasteiger charge is 2.26. The molecule has 1 aliphatic rings. The Hall–Kier alpha value is -3.78. The van der Waals surface area contributed by atoms with Crippen LogP contribution in [-0.2, 0) is 26.9 Å². The van der Waals surface area contributed by atoms with E-state index < -0.39 is 9.84 Å². The number of hydrogen-bond acceptors (Lipinski definition) is 5. The van der Waals surface area contributed by atoms with E-state index in [0.717, 1.165) is 28.1 Å². The maximum absolute atomic E-state index is 13.4. The average molecular weight is 518 g/mol. The van der Waals surface area contributed by atoms with Crippen molar-refractivity contribution in [1.29, 1.82) is 0 Å². The number of carbonyl (C=O) groups excluding carboxylic acids is 1. The molecule has 8 heteroatoms. The van der Waals surface area contributed by atoms with Crippen LogP contribution in [0, 0.1) is 6.92 Å². The van der Waals surface area contributed by atoms with Crippen LogP contribution >= 0.6 is 0 Å². The molecule has 5 rings (SSSR count). The molecule has 4 aromatic rings. The van der Waals surface area contributed by atoms with Crippen molar-refractivity contribution in [1.82, 2.24) is 9.47 Å². The molecule has 7 nitrogen and oxygen atoms in total. The molecular weight excluding hydrogens is 486 g/mol. The summed E-state index contributed by atoms with van der Waals surface area (Å²) >= 11 is 0. The van der Waals surface area contributed by atoms with Crippen LogP contribution in [0.2, 0.25) is 0 Å². The van der Waals surface area contributed by atoms with Crippen molar-refractivity contribution in [2.75, 3.05) is 38.2 Å². The molecule has 1 saturated heterocycles. The first-order chi connectivity index (χ1) is 17.9. The zero-order valence-corrected chi connectivity index (χ0v) is 21.9. The summed E-state index contributed by atoms with van der Waals surface area (Å²) < 4.78 is 34.1. The maximum atomic E-state index is 13.4. The smallest absolute Gasteiger partial charge is 0.242 e. The molecule has 0 spiro atoms. The molecule has 1 aromatic heterocycles. The minimum Gasteiger partial charge on any atom is -0.495 e. The van der Waals surface area contributed by atoms with Crippen molar-refractivity contribution >= 4 is 32.3 Å². The van der Waals surface area contributed by atoms with Gasteiger partial charge in [-0.1, -0.05) is 60.2 Å². The molecule has 2 heterocycles. The summed E-state index contributed by atoms with van der Waals surface area (Å²) in [5.41, 5.74) is 3.54. The van der Waals surface area contributed by atoms with E-state index in [2.05, 4.69) is 4.90 Å². The van der Waals surface area contributed by atoms with Gasteiger partial charge in [-0.2, -0.15) is 0 Å². The number of aromatic nitrogens is 1. The molecule has 0 atom stereocenters. The van der Waals surface area contributed by atoms with Gasteiger partial charge in [0, 0.05) is 43.3 Å². The van der Waals surface area contributed by atoms with E-state index in [-0.39, 0.29) is 23.1 Å². The third kappa shape index (κ3) is 5.20. The number of rotatable bonds is 7. The molecule has 3 aromatic carbocycles. The van der Waals surface area contributed by atoms with E-state index in [1.54, 1.807) is 17.9 Å². The van der Waals surface area contributed by atoms with Gasteiger partial charge in [-0.3, -0.25) is 4.79 Å². The van der Waals surface area contributed by atoms with Crippen LogP contribution in [0.4, 0.5) is 5.69 Å². The number of piperazine rings is 1. The lowest BCUT2D eigenvalue weighted by Crippen LogP contribution is -2.49. The Bertz CT molecular complexity index is 1540. The summed E-state index contributed by atoms with van der Waals surface area (Å²) in [6, 6.07) is 22.8. The summed E-state index contributed by atoms with van der Waals surface area (Å²) in [5, 5.41) is 0.643. The van der Waals surface area contributed by atoms with Gasteiger partial charge in [0.2, 0.25) is 5.91 Å². The van der Waals surface area contributed by atoms with Gasteiger partial charge in [0.05, 0.1) is 23.4 Å². The van der Waals surface area contributed by atoms with Gasteiger partial charge in [0.25, 0.3) is 0 Å². The Labute approximate surface area is 217 Å². The number of benzene rings is 3. The number of nitrogens with zero attached hydrogens (tertiary/aromatic N) is 3. The number of ether oxygens (including phenoxy) is 1. The highest BCUT2D eigenvalue weighted by atomic mass is 32.2. The van der Waals surface area contributed by atoms with Gasteiger partial charge in [-0.05, 0) is 30.7 Å². The topological polar surface area (TPSA) is 71.8 Å². The molecule has 0 saturated carbocycles. The number of fused-ring (bicyclic) bond motifs is 1. The first-order valence-corrected chi connectivity index (χ1v) is 14.0. The van der Waals surface area contributed by atoms with Crippen molar-refractivity contribution < 1.29 is 17.9 Å². The number of sulfone groups is 1. The molecule has 37 heavy (non-hydrogen) atoms. The van der Waals surface area contributed by atoms with Gasteiger partial charge in [0.1, 0.15) is 12.3 Å². The summed E-state index contributed by atoms with van der Waals surface area (Å²) in [6.45, 7) is 4.63. The highest BCUT2D eigenvalue weighted by molar-refractivity contribution is 7.90. The van der Waals surface area contributed by atoms with Crippen LogP contribution in [0.25, 0.3) is 10.9 Å². The van der Waals surface area contributed by atoms with E-state index in [4.69, 9.17) is 4.74 Å². The number of hydrogen-bond donors (Lipinski definition) is 0. The van der Waals surface area contributed by atoms with E-state index >= 15 is 0 Å². The largest absolute Gasteiger partial charge is 0.495 e. The molecule has 1 amide bonds. The fraction of sp³-hybridized carbons (Fsp3) is 0.276. The standard InChI is InChI=1S/C29H31N3O4S/c1-22-8-7-9-23(18-22)21-37(34,35)28-19-32(25-11-4-3-10-24(25)28)20-29(33)31-16-14-30(15-17-31)26-12-5-6-13-27(26)36-2/h3-13,18-19H,14-17,20-21H2,1-2H3. The lowest BCUT2D eigenvalue weighted by molar-refractivity contribution is -0.132. The maximum Gasteiger partial charge on any atom is 0.242 e. The third-order valence-corrected chi connectivity index (χ3v) is 8.60. The van der Waals surface area contributed by atoms with Crippen LogP contribution in [0.15, 0.2) is 83.9 Å². The van der Waals surface area contributed by atoms with Crippen molar-refractivity contribution in [3.63, 3.8) is 0 Å². The fourth-order valence-electron chi connectivity index (χ4n) is 5.02. The van der Waals surface area contributed by atoms with Crippen LogP contribution in [0.5, 0.6) is 5.75 Å². The molecule has 0 aliphatic carbocycles. The number of amides is 1. The van der Waals surface area contributed by atoms with Crippen molar-refractivity contribution in [3.8, 4) is 5.75 Å². The van der Waals surface area contributed by atoms with Crippen LogP contribution in [0.1, 0.15) is 11.1 Å². The Balaban J connectivity index is 1.33. The van der Waals surface area contributed by atoms with Crippen LogP contribution in [-0.4, -0.2) is 57.1 Å². The lowest BCUT2D eigenvalue weighted by Gasteiger charge is -2.36. The van der Waals surface area contributed by atoms with Crippen molar-refractivity contribution in [2.45, 2.75) is 24.1 Å². The molecule has 0 radical (unpaired) electrons. The monoisotopic (exact) mass is 517 g/mol. The molecule has 0 N–H and O–H groups in total. The number of para-hydroxylation sites is 3. The molecule has 1 aliphatic heterocycles. The van der Waals surface area contributed by atoms with Crippen LogP contribution in [0.3, 0.4) is 0 Å². The van der Waals surface area contributed by atoms with E-state index in [1.807, 2.05) is 84.6 Å². The second kappa shape index (κ2) is 10.3. The predicted octanol–water partition coefficient (Wildman–Crippen LogP) is 4.28. The summed E-state index contributed by atoms with van der Waals surface area (Å²) in [6.07, 6.45) is 1.62. The zero-order valence-electron chi connectivity index (χ0n) is 21.1. The minimum atomic E-state index is -3.61. The minimum absolute atomic E-state index is 0.0249. The number of anilines is 1. The summed E-state index contributed by atoms with van der Waals surface area (Å²) in [7, 11) is -1.94. The normalized spacial score (nSPS) is 14.2. The third-order valence-electron chi connectivity index (χ3n) is 6.89. The Morgan fingerprint density at radius 1 is 0.919 bits per heavy atom. The van der Waals surface area contributed by atoms with Gasteiger partial charge < -0.3 is 19.1 Å². The predicted molar refractivity (Wildman–Crippen MR) is 146 cm³/mol. The van der Waals surface area contributed by atoms with Gasteiger partial charge in [-0.25, -0.2) is 8.42 Å². The second-order valence-electron chi connectivity index (χ2n) is 9.43. The van der Waals surface area contributed by atoms with E-state index in [9.17, 15) is 13.2 Å². The summed E-state index contributed by atoms with van der Waals surface area (Å²) in [4.78, 5) is 17.6.